The first-order valence-corrected chi connectivity index (χ1v) is 11.6. The number of aromatic nitrogens is 5. The maximum absolute atomic E-state index is 14.9. The van der Waals surface area contributed by atoms with E-state index >= 15 is 0 Å². The number of halogens is 2. The Bertz CT molecular complexity index is 1490. The second kappa shape index (κ2) is 9.23. The summed E-state index contributed by atoms with van der Waals surface area (Å²) in [5, 5.41) is 12.0. The normalized spacial score (nSPS) is 13.8. The summed E-state index contributed by atoms with van der Waals surface area (Å²) >= 11 is 0. The SMILES string of the molecule is Cc1nc2c(F)cc(-c3nc(Nc4ccc5c(n4)CCN(CC(=O)O)C5)ncc3F)cc2n1C(C)C. The molecule has 1 aliphatic rings. The van der Waals surface area contributed by atoms with Crippen LogP contribution in [0.4, 0.5) is 20.5 Å². The zero-order valence-corrected chi connectivity index (χ0v) is 20.1. The number of carbonyl (C=O) groups is 1. The van der Waals surface area contributed by atoms with Crippen molar-refractivity contribution >= 4 is 28.8 Å². The van der Waals surface area contributed by atoms with Gasteiger partial charge >= 0.3 is 5.97 Å². The lowest BCUT2D eigenvalue weighted by Crippen LogP contribution is -2.35. The lowest BCUT2D eigenvalue weighted by atomic mass is 10.1. The van der Waals surface area contributed by atoms with E-state index in [4.69, 9.17) is 5.11 Å². The summed E-state index contributed by atoms with van der Waals surface area (Å²) in [5.41, 5.74) is 2.85. The Labute approximate surface area is 205 Å². The molecule has 1 aromatic carbocycles. The number of fused-ring (bicyclic) bond motifs is 2. The lowest BCUT2D eigenvalue weighted by molar-refractivity contribution is -0.138. The van der Waals surface area contributed by atoms with Gasteiger partial charge < -0.3 is 15.0 Å². The van der Waals surface area contributed by atoms with Gasteiger partial charge in [-0.15, -0.1) is 0 Å². The fourth-order valence-electron chi connectivity index (χ4n) is 4.67. The van der Waals surface area contributed by atoms with Crippen LogP contribution in [-0.2, 0) is 17.8 Å². The minimum atomic E-state index is -0.864. The van der Waals surface area contributed by atoms with Crippen molar-refractivity contribution in [3.05, 3.63) is 59.2 Å². The molecule has 186 valence electrons. The van der Waals surface area contributed by atoms with Crippen molar-refractivity contribution < 1.29 is 18.7 Å². The number of benzene rings is 1. The minimum Gasteiger partial charge on any atom is -0.480 e. The largest absolute Gasteiger partial charge is 0.480 e. The van der Waals surface area contributed by atoms with Crippen molar-refractivity contribution in [3.8, 4) is 11.3 Å². The van der Waals surface area contributed by atoms with Crippen molar-refractivity contribution in [2.75, 3.05) is 18.4 Å². The number of aryl methyl sites for hydroxylation is 1. The number of hydrogen-bond donors (Lipinski definition) is 2. The summed E-state index contributed by atoms with van der Waals surface area (Å²) in [6.07, 6.45) is 1.65. The maximum Gasteiger partial charge on any atom is 0.317 e. The second-order valence-corrected chi connectivity index (χ2v) is 9.12. The van der Waals surface area contributed by atoms with Crippen LogP contribution < -0.4 is 5.32 Å². The highest BCUT2D eigenvalue weighted by Gasteiger charge is 2.21. The Kier molecular flexibility index (Phi) is 6.09. The monoisotopic (exact) mass is 493 g/mol. The Balaban J connectivity index is 1.45. The van der Waals surface area contributed by atoms with E-state index in [2.05, 4.69) is 25.3 Å². The first-order chi connectivity index (χ1) is 17.2. The number of carboxylic acids is 1. The maximum atomic E-state index is 14.9. The van der Waals surface area contributed by atoms with E-state index in [9.17, 15) is 13.6 Å². The number of nitrogens with zero attached hydrogens (tertiary/aromatic N) is 6. The molecule has 0 unspecified atom stereocenters. The molecular weight excluding hydrogens is 468 g/mol. The van der Waals surface area contributed by atoms with Crippen LogP contribution in [0, 0.1) is 18.6 Å². The van der Waals surface area contributed by atoms with Gasteiger partial charge in [-0.2, -0.15) is 0 Å². The van der Waals surface area contributed by atoms with Crippen LogP contribution in [0.1, 0.15) is 37.0 Å². The van der Waals surface area contributed by atoms with Crippen LogP contribution in [0.5, 0.6) is 0 Å². The Morgan fingerprint density at radius 1 is 1.17 bits per heavy atom. The number of nitrogens with one attached hydrogen (secondary N) is 1. The molecule has 0 radical (unpaired) electrons. The molecule has 0 saturated carbocycles. The zero-order valence-electron chi connectivity index (χ0n) is 20.1. The first kappa shape index (κ1) is 23.7. The standard InChI is InChI=1S/C25H25F2N7O2/c1-13(2)34-14(3)29-24-17(26)8-16(9-20(24)34)23-18(27)10-28-25(32-23)31-21-5-4-15-11-33(12-22(35)36)7-6-19(15)30-21/h4-5,8-10,13H,6-7,11-12H2,1-3H3,(H,35,36)(H,28,30,31,32). The highest BCUT2D eigenvalue weighted by atomic mass is 19.1. The van der Waals surface area contributed by atoms with Gasteiger partial charge in [0.1, 0.15) is 22.9 Å². The summed E-state index contributed by atoms with van der Waals surface area (Å²) in [5.74, 6) is -0.818. The molecule has 4 aromatic rings. The van der Waals surface area contributed by atoms with Crippen molar-refractivity contribution in [3.63, 3.8) is 0 Å². The van der Waals surface area contributed by atoms with E-state index in [1.54, 1.807) is 12.1 Å². The predicted molar refractivity (Wildman–Crippen MR) is 130 cm³/mol. The number of pyridine rings is 1. The molecule has 11 heteroatoms. The first-order valence-electron chi connectivity index (χ1n) is 11.6. The van der Waals surface area contributed by atoms with Gasteiger partial charge in [0, 0.05) is 36.8 Å². The number of rotatable bonds is 6. The number of imidazole rings is 1. The van der Waals surface area contributed by atoms with Crippen LogP contribution in [0.15, 0.2) is 30.5 Å². The van der Waals surface area contributed by atoms with Crippen molar-refractivity contribution in [2.45, 2.75) is 39.8 Å². The highest BCUT2D eigenvalue weighted by molar-refractivity contribution is 5.83. The molecule has 3 aromatic heterocycles. The molecular formula is C25H25F2N7O2. The van der Waals surface area contributed by atoms with Gasteiger partial charge in [-0.25, -0.2) is 28.7 Å². The van der Waals surface area contributed by atoms with Gasteiger partial charge in [0.25, 0.3) is 0 Å². The van der Waals surface area contributed by atoms with E-state index in [0.29, 0.717) is 36.7 Å². The van der Waals surface area contributed by atoms with Gasteiger partial charge in [0.15, 0.2) is 11.6 Å². The van der Waals surface area contributed by atoms with E-state index in [1.165, 1.54) is 6.07 Å². The zero-order chi connectivity index (χ0) is 25.6. The smallest absolute Gasteiger partial charge is 0.317 e. The molecule has 0 amide bonds. The summed E-state index contributed by atoms with van der Waals surface area (Å²) in [4.78, 5) is 30.1. The fraction of sp³-hybridized carbons (Fsp3) is 0.320. The Morgan fingerprint density at radius 3 is 2.72 bits per heavy atom. The van der Waals surface area contributed by atoms with Gasteiger partial charge in [-0.1, -0.05) is 6.07 Å². The quantitative estimate of drug-likeness (QED) is 0.411. The molecule has 1 aliphatic heterocycles. The number of carboxylic acid groups (broad SMARTS) is 1. The highest BCUT2D eigenvalue weighted by Crippen LogP contribution is 2.30. The predicted octanol–water partition coefficient (Wildman–Crippen LogP) is 4.24. The van der Waals surface area contributed by atoms with Gasteiger partial charge in [0.2, 0.25) is 5.95 Å². The van der Waals surface area contributed by atoms with Crippen LogP contribution in [-0.4, -0.2) is 53.6 Å². The topological polar surface area (TPSA) is 109 Å². The molecule has 0 bridgehead atoms. The van der Waals surface area contributed by atoms with E-state index < -0.39 is 17.6 Å². The summed E-state index contributed by atoms with van der Waals surface area (Å²) in [7, 11) is 0. The van der Waals surface area contributed by atoms with Crippen LogP contribution in [0.2, 0.25) is 0 Å². The van der Waals surface area contributed by atoms with Gasteiger partial charge in [-0.3, -0.25) is 9.69 Å². The molecule has 0 saturated heterocycles. The number of anilines is 2. The van der Waals surface area contributed by atoms with Gasteiger partial charge in [-0.05, 0) is 44.5 Å². The number of aliphatic carboxylic acids is 1. The second-order valence-electron chi connectivity index (χ2n) is 9.12. The Hall–Kier alpha value is -3.99. The van der Waals surface area contributed by atoms with Crippen molar-refractivity contribution in [1.29, 1.82) is 0 Å². The third-order valence-electron chi connectivity index (χ3n) is 6.19. The third-order valence-corrected chi connectivity index (χ3v) is 6.19. The minimum absolute atomic E-state index is 0.0183. The lowest BCUT2D eigenvalue weighted by Gasteiger charge is -2.26. The molecule has 0 spiro atoms. The molecule has 5 rings (SSSR count). The summed E-state index contributed by atoms with van der Waals surface area (Å²) in [6, 6.07) is 6.58. The molecule has 0 aliphatic carbocycles. The van der Waals surface area contributed by atoms with E-state index in [1.807, 2.05) is 36.3 Å². The van der Waals surface area contributed by atoms with Crippen LogP contribution in [0.3, 0.4) is 0 Å². The van der Waals surface area contributed by atoms with Gasteiger partial charge in [0.05, 0.1) is 18.3 Å². The molecule has 36 heavy (non-hydrogen) atoms. The van der Waals surface area contributed by atoms with E-state index in [0.717, 1.165) is 17.5 Å². The summed E-state index contributed by atoms with van der Waals surface area (Å²) in [6.45, 7) is 6.83. The molecule has 2 N–H and O–H groups in total. The van der Waals surface area contributed by atoms with Crippen molar-refractivity contribution in [1.82, 2.24) is 29.4 Å². The average molecular weight is 494 g/mol. The number of hydrogen-bond acceptors (Lipinski definition) is 7. The molecule has 4 heterocycles. The Morgan fingerprint density at radius 2 is 1.97 bits per heavy atom. The molecule has 9 nitrogen and oxygen atoms in total. The van der Waals surface area contributed by atoms with Crippen molar-refractivity contribution in [2.24, 2.45) is 0 Å². The van der Waals surface area contributed by atoms with Crippen LogP contribution in [0.25, 0.3) is 22.3 Å². The third kappa shape index (κ3) is 4.49. The molecule has 0 atom stereocenters. The van der Waals surface area contributed by atoms with E-state index in [-0.39, 0.29) is 35.3 Å². The fourth-order valence-corrected chi connectivity index (χ4v) is 4.67. The molecule has 0 fully saturated rings. The summed E-state index contributed by atoms with van der Waals surface area (Å²) < 4.78 is 31.6. The van der Waals surface area contributed by atoms with Crippen LogP contribution >= 0.6 is 0 Å². The average Bonchev–Trinajstić information content (AvgIpc) is 3.16.